The van der Waals surface area contributed by atoms with E-state index in [0.29, 0.717) is 9.50 Å². The first-order chi connectivity index (χ1) is 8.99. The molecule has 2 aromatic rings. The first kappa shape index (κ1) is 14.2. The lowest BCUT2D eigenvalue weighted by molar-refractivity contribution is 0.0987. The molecule has 0 radical (unpaired) electrons. The van der Waals surface area contributed by atoms with Crippen LogP contribution in [0.2, 0.25) is 5.02 Å². The molecular formula is C14H8BrClF2O. The second-order valence-electron chi connectivity index (χ2n) is 3.93. The maximum atomic E-state index is 13.6. The van der Waals surface area contributed by atoms with Crippen molar-refractivity contribution < 1.29 is 13.6 Å². The van der Waals surface area contributed by atoms with Gasteiger partial charge in [0.15, 0.2) is 5.78 Å². The maximum Gasteiger partial charge on any atom is 0.171 e. The molecule has 5 heteroatoms. The van der Waals surface area contributed by atoms with E-state index < -0.39 is 17.4 Å². The van der Waals surface area contributed by atoms with Crippen molar-refractivity contribution in [2.24, 2.45) is 0 Å². The average Bonchev–Trinajstić information content (AvgIpc) is 2.33. The van der Waals surface area contributed by atoms with Crippen LogP contribution in [0.4, 0.5) is 8.78 Å². The Labute approximate surface area is 122 Å². The van der Waals surface area contributed by atoms with Gasteiger partial charge in [-0.3, -0.25) is 4.79 Å². The normalized spacial score (nSPS) is 10.5. The fourth-order valence-electron chi connectivity index (χ4n) is 1.70. The van der Waals surface area contributed by atoms with Crippen molar-refractivity contribution in [3.05, 3.63) is 68.7 Å². The molecule has 0 unspecified atom stereocenters. The minimum atomic E-state index is -0.637. The Morgan fingerprint density at radius 3 is 2.58 bits per heavy atom. The molecule has 0 aliphatic rings. The average molecular weight is 346 g/mol. The van der Waals surface area contributed by atoms with Crippen LogP contribution in [0.5, 0.6) is 0 Å². The van der Waals surface area contributed by atoms with Crippen molar-refractivity contribution in [1.82, 2.24) is 0 Å². The maximum absolute atomic E-state index is 13.6. The second-order valence-corrected chi connectivity index (χ2v) is 5.22. The van der Waals surface area contributed by atoms with Crippen LogP contribution in [0.3, 0.4) is 0 Å². The smallest absolute Gasteiger partial charge is 0.171 e. The molecule has 19 heavy (non-hydrogen) atoms. The van der Waals surface area contributed by atoms with Crippen LogP contribution < -0.4 is 0 Å². The molecule has 2 rings (SSSR count). The van der Waals surface area contributed by atoms with Crippen LogP contribution in [0, 0.1) is 11.6 Å². The number of carbonyl (C=O) groups is 1. The van der Waals surface area contributed by atoms with Crippen molar-refractivity contribution >= 4 is 33.3 Å². The molecule has 0 aromatic heterocycles. The summed E-state index contributed by atoms with van der Waals surface area (Å²) >= 11 is 8.86. The van der Waals surface area contributed by atoms with Crippen molar-refractivity contribution in [2.75, 3.05) is 0 Å². The van der Waals surface area contributed by atoms with Gasteiger partial charge in [0.1, 0.15) is 11.6 Å². The third-order valence-electron chi connectivity index (χ3n) is 2.60. The predicted molar refractivity (Wildman–Crippen MR) is 73.5 cm³/mol. The number of hydrogen-bond acceptors (Lipinski definition) is 1. The monoisotopic (exact) mass is 344 g/mol. The number of halogens is 4. The van der Waals surface area contributed by atoms with Gasteiger partial charge in [-0.2, -0.15) is 0 Å². The molecule has 98 valence electrons. The van der Waals surface area contributed by atoms with Crippen LogP contribution in [0.1, 0.15) is 15.9 Å². The first-order valence-corrected chi connectivity index (χ1v) is 6.57. The summed E-state index contributed by atoms with van der Waals surface area (Å²) in [5.74, 6) is -1.68. The molecule has 0 saturated carbocycles. The summed E-state index contributed by atoms with van der Waals surface area (Å²) in [6.07, 6.45) is -0.244. The standard InChI is InChI=1S/C14H8BrClF2O/c15-10-2-1-3-12(18)14(10)13(19)7-8-6-9(16)4-5-11(8)17/h1-6H,7H2. The van der Waals surface area contributed by atoms with Crippen molar-refractivity contribution in [1.29, 1.82) is 0 Å². The van der Waals surface area contributed by atoms with E-state index in [0.717, 1.165) is 0 Å². The minimum absolute atomic E-state index is 0.0816. The second kappa shape index (κ2) is 5.80. The van der Waals surface area contributed by atoms with E-state index in [4.69, 9.17) is 11.6 Å². The molecule has 0 fully saturated rings. The third-order valence-corrected chi connectivity index (χ3v) is 3.50. The first-order valence-electron chi connectivity index (χ1n) is 5.40. The van der Waals surface area contributed by atoms with Gasteiger partial charge in [0, 0.05) is 15.9 Å². The zero-order valence-electron chi connectivity index (χ0n) is 9.59. The number of rotatable bonds is 3. The molecule has 0 bridgehead atoms. The fraction of sp³-hybridized carbons (Fsp3) is 0.0714. The Morgan fingerprint density at radius 2 is 1.89 bits per heavy atom. The van der Waals surface area contributed by atoms with E-state index in [1.807, 2.05) is 0 Å². The number of benzene rings is 2. The highest BCUT2D eigenvalue weighted by atomic mass is 79.9. The molecule has 0 spiro atoms. The molecule has 0 aliphatic heterocycles. The largest absolute Gasteiger partial charge is 0.294 e. The van der Waals surface area contributed by atoms with E-state index >= 15 is 0 Å². The summed E-state index contributed by atoms with van der Waals surface area (Å²) in [5, 5.41) is 0.330. The number of hydrogen-bond donors (Lipinski definition) is 0. The van der Waals surface area contributed by atoms with Gasteiger partial charge in [-0.25, -0.2) is 8.78 Å². The van der Waals surface area contributed by atoms with Gasteiger partial charge in [0.25, 0.3) is 0 Å². The van der Waals surface area contributed by atoms with Gasteiger partial charge in [-0.05, 0) is 51.8 Å². The summed E-state index contributed by atoms with van der Waals surface area (Å²) in [5.41, 5.74) is 0.0644. The molecule has 0 amide bonds. The van der Waals surface area contributed by atoms with Gasteiger partial charge < -0.3 is 0 Å². The summed E-state index contributed by atoms with van der Waals surface area (Å²) < 4.78 is 27.5. The van der Waals surface area contributed by atoms with Crippen LogP contribution in [0.15, 0.2) is 40.9 Å². The quantitative estimate of drug-likeness (QED) is 0.730. The topological polar surface area (TPSA) is 17.1 Å². The molecule has 0 atom stereocenters. The van der Waals surface area contributed by atoms with Crippen molar-refractivity contribution in [3.8, 4) is 0 Å². The molecule has 0 aliphatic carbocycles. The van der Waals surface area contributed by atoms with Gasteiger partial charge in [-0.15, -0.1) is 0 Å². The Hall–Kier alpha value is -1.26. The number of Topliss-reactive ketones (excluding diaryl/α,β-unsaturated/α-hetero) is 1. The van der Waals surface area contributed by atoms with E-state index in [1.165, 1.54) is 30.3 Å². The predicted octanol–water partition coefficient (Wildman–Crippen LogP) is 4.81. The van der Waals surface area contributed by atoms with Crippen molar-refractivity contribution in [2.45, 2.75) is 6.42 Å². The molecule has 0 saturated heterocycles. The van der Waals surface area contributed by atoms with Gasteiger partial charge in [0.05, 0.1) is 5.56 Å². The molecule has 1 nitrogen and oxygen atoms in total. The van der Waals surface area contributed by atoms with Gasteiger partial charge >= 0.3 is 0 Å². The molecule has 0 N–H and O–H groups in total. The Bertz CT molecular complexity index is 623. The van der Waals surface area contributed by atoms with E-state index in [-0.39, 0.29) is 17.5 Å². The van der Waals surface area contributed by atoms with Crippen LogP contribution in [-0.4, -0.2) is 5.78 Å². The van der Waals surface area contributed by atoms with Gasteiger partial charge in [0.2, 0.25) is 0 Å². The lowest BCUT2D eigenvalue weighted by Gasteiger charge is -2.06. The van der Waals surface area contributed by atoms with Crippen LogP contribution >= 0.6 is 27.5 Å². The SMILES string of the molecule is O=C(Cc1cc(Cl)ccc1F)c1c(F)cccc1Br. The summed E-state index contributed by atoms with van der Waals surface area (Å²) in [6.45, 7) is 0. The Morgan fingerprint density at radius 1 is 1.16 bits per heavy atom. The van der Waals surface area contributed by atoms with Crippen molar-refractivity contribution in [3.63, 3.8) is 0 Å². The van der Waals surface area contributed by atoms with Crippen LogP contribution in [0.25, 0.3) is 0 Å². The summed E-state index contributed by atoms with van der Waals surface area (Å²) in [4.78, 5) is 12.0. The summed E-state index contributed by atoms with van der Waals surface area (Å²) in [6, 6.07) is 8.17. The summed E-state index contributed by atoms with van der Waals surface area (Å²) in [7, 11) is 0. The van der Waals surface area contributed by atoms with Gasteiger partial charge in [-0.1, -0.05) is 17.7 Å². The van der Waals surface area contributed by atoms with Crippen LogP contribution in [-0.2, 0) is 6.42 Å². The lowest BCUT2D eigenvalue weighted by atomic mass is 10.0. The number of ketones is 1. The highest BCUT2D eigenvalue weighted by Crippen LogP contribution is 2.23. The van der Waals surface area contributed by atoms with E-state index in [1.54, 1.807) is 6.07 Å². The highest BCUT2D eigenvalue weighted by molar-refractivity contribution is 9.10. The Balaban J connectivity index is 2.34. The molecular weight excluding hydrogens is 338 g/mol. The third kappa shape index (κ3) is 3.19. The lowest BCUT2D eigenvalue weighted by Crippen LogP contribution is -2.08. The zero-order chi connectivity index (χ0) is 14.0. The zero-order valence-corrected chi connectivity index (χ0v) is 11.9. The Kier molecular flexibility index (Phi) is 4.32. The molecule has 2 aromatic carbocycles. The highest BCUT2D eigenvalue weighted by Gasteiger charge is 2.17. The number of carbonyl (C=O) groups excluding carboxylic acids is 1. The van der Waals surface area contributed by atoms with E-state index in [2.05, 4.69) is 15.9 Å². The fourth-order valence-corrected chi connectivity index (χ4v) is 2.46. The molecule has 0 heterocycles. The van der Waals surface area contributed by atoms with E-state index in [9.17, 15) is 13.6 Å². The minimum Gasteiger partial charge on any atom is -0.294 e.